The van der Waals surface area contributed by atoms with E-state index in [-0.39, 0.29) is 5.60 Å². The van der Waals surface area contributed by atoms with E-state index in [0.717, 1.165) is 5.92 Å². The minimum absolute atomic E-state index is 0.274. The Balaban J connectivity index is 2.35. The highest BCUT2D eigenvalue weighted by atomic mass is 16.5. The molecule has 11 heavy (non-hydrogen) atoms. The third-order valence-electron chi connectivity index (χ3n) is 3.26. The van der Waals surface area contributed by atoms with Crippen molar-refractivity contribution in [3.8, 4) is 0 Å². The summed E-state index contributed by atoms with van der Waals surface area (Å²) in [5.74, 6) is 0.791. The first-order valence-electron chi connectivity index (χ1n) is 4.80. The topological polar surface area (TPSA) is 9.23 Å². The van der Waals surface area contributed by atoms with E-state index in [9.17, 15) is 0 Å². The van der Waals surface area contributed by atoms with Gasteiger partial charge in [0.1, 0.15) is 0 Å². The summed E-state index contributed by atoms with van der Waals surface area (Å²) in [6.45, 7) is 4.55. The fourth-order valence-corrected chi connectivity index (χ4v) is 2.01. The highest BCUT2D eigenvalue weighted by molar-refractivity contribution is 4.94. The first-order valence-corrected chi connectivity index (χ1v) is 4.80. The molecule has 2 atom stereocenters. The van der Waals surface area contributed by atoms with Crippen molar-refractivity contribution >= 4 is 0 Å². The lowest BCUT2D eigenvalue weighted by atomic mass is 9.68. The SMILES string of the molecule is CCCC[C@]1(OC)CC[C@H]1C. The summed E-state index contributed by atoms with van der Waals surface area (Å²) in [5, 5.41) is 0. The van der Waals surface area contributed by atoms with Gasteiger partial charge in [0.25, 0.3) is 0 Å². The van der Waals surface area contributed by atoms with Gasteiger partial charge in [-0.15, -0.1) is 0 Å². The van der Waals surface area contributed by atoms with Crippen LogP contribution in [0, 0.1) is 5.92 Å². The van der Waals surface area contributed by atoms with Crippen molar-refractivity contribution in [3.63, 3.8) is 0 Å². The van der Waals surface area contributed by atoms with Gasteiger partial charge in [0, 0.05) is 7.11 Å². The normalized spacial score (nSPS) is 36.8. The van der Waals surface area contributed by atoms with E-state index in [0.29, 0.717) is 0 Å². The Bertz CT molecular complexity index is 118. The third kappa shape index (κ3) is 1.58. The summed E-state index contributed by atoms with van der Waals surface area (Å²) in [5.41, 5.74) is 0.274. The van der Waals surface area contributed by atoms with Crippen LogP contribution in [0.15, 0.2) is 0 Å². The van der Waals surface area contributed by atoms with Gasteiger partial charge in [0.15, 0.2) is 0 Å². The zero-order valence-electron chi connectivity index (χ0n) is 8.02. The fraction of sp³-hybridized carbons (Fsp3) is 1.00. The summed E-state index contributed by atoms with van der Waals surface area (Å²) in [7, 11) is 1.87. The molecule has 0 aromatic rings. The molecule has 0 radical (unpaired) electrons. The van der Waals surface area contributed by atoms with Crippen molar-refractivity contribution in [1.29, 1.82) is 0 Å². The number of hydrogen-bond donors (Lipinski definition) is 0. The molecule has 1 aliphatic rings. The van der Waals surface area contributed by atoms with Crippen molar-refractivity contribution in [2.24, 2.45) is 5.92 Å². The van der Waals surface area contributed by atoms with Crippen LogP contribution < -0.4 is 0 Å². The summed E-state index contributed by atoms with van der Waals surface area (Å²) >= 11 is 0. The molecule has 0 aromatic heterocycles. The Morgan fingerprint density at radius 3 is 2.55 bits per heavy atom. The Hall–Kier alpha value is -0.0400. The maximum Gasteiger partial charge on any atom is 0.0704 e. The van der Waals surface area contributed by atoms with Crippen molar-refractivity contribution in [2.75, 3.05) is 7.11 Å². The lowest BCUT2D eigenvalue weighted by Gasteiger charge is -2.47. The summed E-state index contributed by atoms with van der Waals surface area (Å²) in [6.07, 6.45) is 6.51. The molecule has 0 bridgehead atoms. The lowest BCUT2D eigenvalue weighted by molar-refractivity contribution is -0.123. The first-order chi connectivity index (χ1) is 5.25. The smallest absolute Gasteiger partial charge is 0.0704 e. The minimum atomic E-state index is 0.274. The fourth-order valence-electron chi connectivity index (χ4n) is 2.01. The molecule has 0 N–H and O–H groups in total. The molecule has 1 fully saturated rings. The summed E-state index contributed by atoms with van der Waals surface area (Å²) in [6, 6.07) is 0. The summed E-state index contributed by atoms with van der Waals surface area (Å²) in [4.78, 5) is 0. The van der Waals surface area contributed by atoms with Gasteiger partial charge in [0.2, 0.25) is 0 Å². The monoisotopic (exact) mass is 156 g/mol. The molecule has 1 saturated carbocycles. The Morgan fingerprint density at radius 1 is 1.55 bits per heavy atom. The zero-order valence-corrected chi connectivity index (χ0v) is 8.02. The van der Waals surface area contributed by atoms with Crippen molar-refractivity contribution in [3.05, 3.63) is 0 Å². The Morgan fingerprint density at radius 2 is 2.27 bits per heavy atom. The molecule has 0 amide bonds. The average molecular weight is 156 g/mol. The Kier molecular flexibility index (Phi) is 2.94. The van der Waals surface area contributed by atoms with E-state index in [1.54, 1.807) is 0 Å². The van der Waals surface area contributed by atoms with Gasteiger partial charge < -0.3 is 4.74 Å². The number of methoxy groups -OCH3 is 1. The van der Waals surface area contributed by atoms with E-state index >= 15 is 0 Å². The van der Waals surface area contributed by atoms with Crippen LogP contribution in [-0.4, -0.2) is 12.7 Å². The highest BCUT2D eigenvalue weighted by Crippen LogP contribution is 2.44. The molecule has 0 saturated heterocycles. The van der Waals surface area contributed by atoms with E-state index in [1.165, 1.54) is 32.1 Å². The van der Waals surface area contributed by atoms with E-state index < -0.39 is 0 Å². The van der Waals surface area contributed by atoms with Crippen molar-refractivity contribution in [1.82, 2.24) is 0 Å². The van der Waals surface area contributed by atoms with Crippen LogP contribution in [0.5, 0.6) is 0 Å². The van der Waals surface area contributed by atoms with E-state index in [1.807, 2.05) is 7.11 Å². The highest BCUT2D eigenvalue weighted by Gasteiger charge is 2.43. The van der Waals surface area contributed by atoms with Crippen LogP contribution in [0.1, 0.15) is 46.0 Å². The van der Waals surface area contributed by atoms with Gasteiger partial charge in [-0.25, -0.2) is 0 Å². The standard InChI is InChI=1S/C10H20O/c1-4-5-7-10(11-3)8-6-9(10)2/h9H,4-8H2,1-3H3/t9-,10+/m1/s1. The first kappa shape index (κ1) is 9.05. The number of hydrogen-bond acceptors (Lipinski definition) is 1. The quantitative estimate of drug-likeness (QED) is 0.608. The molecule has 0 unspecified atom stereocenters. The van der Waals surface area contributed by atoms with Crippen LogP contribution in [-0.2, 0) is 4.74 Å². The molecule has 1 rings (SSSR count). The lowest BCUT2D eigenvalue weighted by Crippen LogP contribution is -2.47. The molecule has 0 aliphatic heterocycles. The number of ether oxygens (including phenoxy) is 1. The third-order valence-corrected chi connectivity index (χ3v) is 3.26. The molecule has 0 aromatic carbocycles. The minimum Gasteiger partial charge on any atom is -0.378 e. The number of unbranched alkanes of at least 4 members (excludes halogenated alkanes) is 1. The number of rotatable bonds is 4. The molecule has 1 aliphatic carbocycles. The van der Waals surface area contributed by atoms with Crippen LogP contribution in [0.25, 0.3) is 0 Å². The van der Waals surface area contributed by atoms with Crippen molar-refractivity contribution < 1.29 is 4.74 Å². The molecule has 0 spiro atoms. The molecular formula is C10H20O. The van der Waals surface area contributed by atoms with Gasteiger partial charge in [-0.05, 0) is 25.2 Å². The predicted molar refractivity (Wildman–Crippen MR) is 47.7 cm³/mol. The van der Waals surface area contributed by atoms with Crippen molar-refractivity contribution in [2.45, 2.75) is 51.6 Å². The molecule has 1 nitrogen and oxygen atoms in total. The average Bonchev–Trinajstić information content (AvgIpc) is 2.04. The summed E-state index contributed by atoms with van der Waals surface area (Å²) < 4.78 is 5.59. The molecule has 0 heterocycles. The molecule has 66 valence electrons. The molecule has 1 heteroatoms. The second-order valence-electron chi connectivity index (χ2n) is 3.81. The van der Waals surface area contributed by atoms with E-state index in [2.05, 4.69) is 13.8 Å². The maximum atomic E-state index is 5.59. The molecular weight excluding hydrogens is 136 g/mol. The maximum absolute atomic E-state index is 5.59. The van der Waals surface area contributed by atoms with Gasteiger partial charge in [-0.1, -0.05) is 26.7 Å². The van der Waals surface area contributed by atoms with Gasteiger partial charge in [-0.3, -0.25) is 0 Å². The zero-order chi connectivity index (χ0) is 8.32. The van der Waals surface area contributed by atoms with E-state index in [4.69, 9.17) is 4.74 Å². The Labute approximate surface area is 70.1 Å². The van der Waals surface area contributed by atoms with Gasteiger partial charge in [-0.2, -0.15) is 0 Å². The van der Waals surface area contributed by atoms with Crippen LogP contribution in [0.3, 0.4) is 0 Å². The van der Waals surface area contributed by atoms with Gasteiger partial charge >= 0.3 is 0 Å². The van der Waals surface area contributed by atoms with Crippen LogP contribution in [0.4, 0.5) is 0 Å². The largest absolute Gasteiger partial charge is 0.378 e. The van der Waals surface area contributed by atoms with Crippen LogP contribution in [0.2, 0.25) is 0 Å². The predicted octanol–water partition coefficient (Wildman–Crippen LogP) is 2.99. The van der Waals surface area contributed by atoms with Gasteiger partial charge in [0.05, 0.1) is 5.60 Å². The second kappa shape index (κ2) is 3.57. The van der Waals surface area contributed by atoms with Crippen LogP contribution >= 0.6 is 0 Å². The second-order valence-corrected chi connectivity index (χ2v) is 3.81.